The summed E-state index contributed by atoms with van der Waals surface area (Å²) >= 11 is 0. The van der Waals surface area contributed by atoms with Crippen molar-refractivity contribution in [2.45, 2.75) is 17.4 Å². The van der Waals surface area contributed by atoms with Crippen molar-refractivity contribution in [2.24, 2.45) is 0 Å². The van der Waals surface area contributed by atoms with Gasteiger partial charge in [0.2, 0.25) is 10.0 Å². The lowest BCUT2D eigenvalue weighted by Crippen LogP contribution is -2.43. The topological polar surface area (TPSA) is 131 Å². The molecule has 0 heterocycles. The Hall–Kier alpha value is -1.55. The standard InChI is InChI=1S/C12H20N2O6S/c1-12(16,7-15)6-14-21(17,18)11-4-8(13)9(19-2)5-10(11)20-3/h4-5,14-16H,6-7,13H2,1-3H3. The Labute approximate surface area is 123 Å². The quantitative estimate of drug-likeness (QED) is 0.489. The fraction of sp³-hybridized carbons (Fsp3) is 0.500. The number of sulfonamides is 1. The number of nitrogens with one attached hydrogen (secondary N) is 1. The van der Waals surface area contributed by atoms with Gasteiger partial charge >= 0.3 is 0 Å². The Morgan fingerprint density at radius 3 is 2.33 bits per heavy atom. The van der Waals surface area contributed by atoms with E-state index in [0.29, 0.717) is 0 Å². The van der Waals surface area contributed by atoms with Crippen molar-refractivity contribution in [3.05, 3.63) is 12.1 Å². The molecule has 0 aliphatic heterocycles. The second-order valence-corrected chi connectivity index (χ2v) is 6.46. The molecule has 0 saturated carbocycles. The minimum absolute atomic E-state index is 0.0530. The first-order chi connectivity index (χ1) is 9.66. The predicted octanol–water partition coefficient (Wildman–Crippen LogP) is -0.692. The highest BCUT2D eigenvalue weighted by Gasteiger charge is 2.26. The maximum atomic E-state index is 12.2. The molecular formula is C12H20N2O6S. The number of hydrogen-bond donors (Lipinski definition) is 4. The van der Waals surface area contributed by atoms with Crippen molar-refractivity contribution in [3.63, 3.8) is 0 Å². The fourth-order valence-corrected chi connectivity index (χ4v) is 2.83. The van der Waals surface area contributed by atoms with Gasteiger partial charge in [0.15, 0.2) is 0 Å². The molecule has 0 bridgehead atoms. The summed E-state index contributed by atoms with van der Waals surface area (Å²) in [5, 5.41) is 18.6. The second-order valence-electron chi connectivity index (χ2n) is 4.72. The van der Waals surface area contributed by atoms with E-state index in [1.165, 1.54) is 33.3 Å². The molecular weight excluding hydrogens is 300 g/mol. The summed E-state index contributed by atoms with van der Waals surface area (Å²) in [5.41, 5.74) is 4.26. The van der Waals surface area contributed by atoms with Crippen LogP contribution in [0.15, 0.2) is 17.0 Å². The van der Waals surface area contributed by atoms with Gasteiger partial charge < -0.3 is 25.4 Å². The zero-order chi connectivity index (χ0) is 16.3. The van der Waals surface area contributed by atoms with E-state index in [1.807, 2.05) is 0 Å². The van der Waals surface area contributed by atoms with Crippen LogP contribution in [-0.4, -0.2) is 51.6 Å². The van der Waals surface area contributed by atoms with Crippen LogP contribution in [0.1, 0.15) is 6.92 Å². The first kappa shape index (κ1) is 17.5. The molecule has 1 atom stereocenters. The molecule has 5 N–H and O–H groups in total. The molecule has 0 fully saturated rings. The molecule has 1 aromatic rings. The highest BCUT2D eigenvalue weighted by atomic mass is 32.2. The molecule has 1 rings (SSSR count). The number of aliphatic hydroxyl groups is 2. The summed E-state index contributed by atoms with van der Waals surface area (Å²) in [7, 11) is -1.26. The van der Waals surface area contributed by atoms with Gasteiger partial charge in [-0.1, -0.05) is 0 Å². The molecule has 0 aliphatic carbocycles. The molecule has 8 nitrogen and oxygen atoms in total. The van der Waals surface area contributed by atoms with Crippen LogP contribution < -0.4 is 19.9 Å². The summed E-state index contributed by atoms with van der Waals surface area (Å²) in [4.78, 5) is -0.183. The highest BCUT2D eigenvalue weighted by molar-refractivity contribution is 7.89. The third-order valence-electron chi connectivity index (χ3n) is 2.79. The number of nitrogen functional groups attached to an aromatic ring is 1. The van der Waals surface area contributed by atoms with Gasteiger partial charge in [0.05, 0.1) is 32.1 Å². The molecule has 21 heavy (non-hydrogen) atoms. The number of nitrogens with two attached hydrogens (primary N) is 1. The summed E-state index contributed by atoms with van der Waals surface area (Å²) < 4.78 is 36.7. The average Bonchev–Trinajstić information content (AvgIpc) is 2.45. The minimum atomic E-state index is -3.98. The first-order valence-corrected chi connectivity index (χ1v) is 7.49. The lowest BCUT2D eigenvalue weighted by Gasteiger charge is -2.21. The monoisotopic (exact) mass is 320 g/mol. The Bertz CT molecular complexity index is 600. The second kappa shape index (κ2) is 6.48. The SMILES string of the molecule is COc1cc(OC)c(S(=O)(=O)NCC(C)(O)CO)cc1N. The maximum absolute atomic E-state index is 12.2. The van der Waals surface area contributed by atoms with Crippen molar-refractivity contribution in [3.8, 4) is 11.5 Å². The van der Waals surface area contributed by atoms with E-state index in [-0.39, 0.29) is 28.6 Å². The molecule has 0 aliphatic rings. The zero-order valence-corrected chi connectivity index (χ0v) is 12.9. The zero-order valence-electron chi connectivity index (χ0n) is 12.1. The molecule has 1 aromatic carbocycles. The van der Waals surface area contributed by atoms with Gasteiger partial charge in [-0.05, 0) is 13.0 Å². The smallest absolute Gasteiger partial charge is 0.244 e. The van der Waals surface area contributed by atoms with Gasteiger partial charge in [0.25, 0.3) is 0 Å². The third-order valence-corrected chi connectivity index (χ3v) is 4.21. The minimum Gasteiger partial charge on any atom is -0.495 e. The van der Waals surface area contributed by atoms with Crippen molar-refractivity contribution >= 4 is 15.7 Å². The van der Waals surface area contributed by atoms with E-state index >= 15 is 0 Å². The van der Waals surface area contributed by atoms with Crippen LogP contribution in [0.4, 0.5) is 5.69 Å². The van der Waals surface area contributed by atoms with Gasteiger partial charge in [-0.25, -0.2) is 13.1 Å². The molecule has 1 unspecified atom stereocenters. The van der Waals surface area contributed by atoms with E-state index < -0.39 is 22.2 Å². The number of aliphatic hydroxyl groups excluding tert-OH is 1. The van der Waals surface area contributed by atoms with Crippen molar-refractivity contribution in [1.29, 1.82) is 0 Å². The third kappa shape index (κ3) is 4.21. The van der Waals surface area contributed by atoms with E-state index in [4.69, 9.17) is 20.3 Å². The molecule has 0 aromatic heterocycles. The molecule has 0 amide bonds. The summed E-state index contributed by atoms with van der Waals surface area (Å²) in [6.07, 6.45) is 0. The largest absolute Gasteiger partial charge is 0.495 e. The number of ether oxygens (including phenoxy) is 2. The van der Waals surface area contributed by atoms with Gasteiger partial charge in [0.1, 0.15) is 16.4 Å². The predicted molar refractivity (Wildman–Crippen MR) is 76.9 cm³/mol. The van der Waals surface area contributed by atoms with Crippen LogP contribution in [0.2, 0.25) is 0 Å². The summed E-state index contributed by atoms with van der Waals surface area (Å²) in [6, 6.07) is 2.56. The van der Waals surface area contributed by atoms with E-state index in [0.717, 1.165) is 0 Å². The molecule has 120 valence electrons. The van der Waals surface area contributed by atoms with Crippen LogP contribution >= 0.6 is 0 Å². The van der Waals surface area contributed by atoms with Gasteiger partial charge in [0, 0.05) is 12.6 Å². The Balaban J connectivity index is 3.16. The van der Waals surface area contributed by atoms with Crippen molar-refractivity contribution < 1.29 is 28.1 Å². The van der Waals surface area contributed by atoms with Crippen LogP contribution in [0, 0.1) is 0 Å². The molecule has 0 spiro atoms. The number of benzene rings is 1. The molecule has 9 heteroatoms. The van der Waals surface area contributed by atoms with Crippen LogP contribution in [0.25, 0.3) is 0 Å². The number of methoxy groups -OCH3 is 2. The first-order valence-electron chi connectivity index (χ1n) is 6.01. The highest BCUT2D eigenvalue weighted by Crippen LogP contribution is 2.33. The fourth-order valence-electron chi connectivity index (χ4n) is 1.49. The van der Waals surface area contributed by atoms with Gasteiger partial charge in [-0.15, -0.1) is 0 Å². The number of hydrogen-bond acceptors (Lipinski definition) is 7. The lowest BCUT2D eigenvalue weighted by molar-refractivity contribution is 0.00680. The lowest BCUT2D eigenvalue weighted by atomic mass is 10.1. The Morgan fingerprint density at radius 1 is 1.29 bits per heavy atom. The van der Waals surface area contributed by atoms with E-state index in [2.05, 4.69) is 4.72 Å². The molecule has 0 saturated heterocycles. The van der Waals surface area contributed by atoms with E-state index in [1.54, 1.807) is 0 Å². The normalized spacial score (nSPS) is 14.5. The summed E-state index contributed by atoms with van der Waals surface area (Å²) in [5.74, 6) is 0.338. The Kier molecular flexibility index (Phi) is 5.40. The van der Waals surface area contributed by atoms with Crippen LogP contribution in [0.5, 0.6) is 11.5 Å². The number of rotatable bonds is 7. The average molecular weight is 320 g/mol. The Morgan fingerprint density at radius 2 is 1.86 bits per heavy atom. The van der Waals surface area contributed by atoms with E-state index in [9.17, 15) is 13.5 Å². The maximum Gasteiger partial charge on any atom is 0.244 e. The van der Waals surface area contributed by atoms with Crippen LogP contribution in [0.3, 0.4) is 0 Å². The summed E-state index contributed by atoms with van der Waals surface area (Å²) in [6.45, 7) is 0.355. The number of anilines is 1. The van der Waals surface area contributed by atoms with Crippen molar-refractivity contribution in [2.75, 3.05) is 33.1 Å². The molecule has 0 radical (unpaired) electrons. The van der Waals surface area contributed by atoms with Gasteiger partial charge in [-0.2, -0.15) is 0 Å². The van der Waals surface area contributed by atoms with Crippen molar-refractivity contribution in [1.82, 2.24) is 4.72 Å². The van der Waals surface area contributed by atoms with Crippen LogP contribution in [-0.2, 0) is 10.0 Å². The van der Waals surface area contributed by atoms with Gasteiger partial charge in [-0.3, -0.25) is 0 Å².